The summed E-state index contributed by atoms with van der Waals surface area (Å²) in [5, 5.41) is 13.7. The molecule has 0 aromatic heterocycles. The van der Waals surface area contributed by atoms with Crippen LogP contribution < -0.4 is 4.74 Å². The van der Waals surface area contributed by atoms with Gasteiger partial charge in [-0.15, -0.1) is 0 Å². The number of hydrogen-bond donors (Lipinski definition) is 0. The lowest BCUT2D eigenvalue weighted by molar-refractivity contribution is 0.0180. The number of hydrogen-bond acceptors (Lipinski definition) is 4. The summed E-state index contributed by atoms with van der Waals surface area (Å²) in [5.41, 5.74) is 0. The van der Waals surface area contributed by atoms with E-state index in [9.17, 15) is 4.79 Å². The van der Waals surface area contributed by atoms with Crippen LogP contribution in [0.1, 0.15) is 12.8 Å². The van der Waals surface area contributed by atoms with Gasteiger partial charge >= 0.3 is 6.09 Å². The molecule has 2 aromatic rings. The summed E-state index contributed by atoms with van der Waals surface area (Å²) >= 11 is 0. The van der Waals surface area contributed by atoms with Crippen LogP contribution in [0.3, 0.4) is 0 Å². The molecule has 0 saturated carbocycles. The number of nitrogens with zero attached hydrogens (tertiary/aromatic N) is 3. The first-order chi connectivity index (χ1) is 10.3. The highest BCUT2D eigenvalue weighted by molar-refractivity contribution is 5.90. The molecule has 1 fully saturated rings. The van der Waals surface area contributed by atoms with Crippen LogP contribution in [0.4, 0.5) is 4.79 Å². The van der Waals surface area contributed by atoms with Crippen molar-refractivity contribution in [1.29, 1.82) is 5.26 Å². The quantitative estimate of drug-likeness (QED) is 0.753. The van der Waals surface area contributed by atoms with E-state index in [1.54, 1.807) is 6.07 Å². The van der Waals surface area contributed by atoms with E-state index in [0.717, 1.165) is 23.6 Å². The molecule has 3 rings (SSSR count). The van der Waals surface area contributed by atoms with Crippen molar-refractivity contribution in [1.82, 2.24) is 10.0 Å². The molecule has 0 bridgehead atoms. The third kappa shape index (κ3) is 2.61. The van der Waals surface area contributed by atoms with E-state index < -0.39 is 6.09 Å². The van der Waals surface area contributed by atoms with Crippen LogP contribution in [-0.4, -0.2) is 29.2 Å². The molecule has 0 aliphatic carbocycles. The zero-order chi connectivity index (χ0) is 14.7. The minimum Gasteiger partial charge on any atom is -0.408 e. The van der Waals surface area contributed by atoms with Gasteiger partial charge in [0, 0.05) is 11.9 Å². The van der Waals surface area contributed by atoms with Gasteiger partial charge < -0.3 is 4.74 Å². The fourth-order valence-electron chi connectivity index (χ4n) is 2.49. The number of fused-ring (bicyclic) bond motifs is 1. The van der Waals surface area contributed by atoms with Crippen LogP contribution in [0, 0.1) is 11.5 Å². The van der Waals surface area contributed by atoms with Crippen molar-refractivity contribution in [2.75, 3.05) is 13.1 Å². The van der Waals surface area contributed by atoms with Gasteiger partial charge in [0.25, 0.3) is 0 Å². The highest BCUT2D eigenvalue weighted by Crippen LogP contribution is 2.26. The number of rotatable bonds is 1. The molecule has 2 aromatic carbocycles. The Hall–Kier alpha value is -2.74. The van der Waals surface area contributed by atoms with Gasteiger partial charge in [0.05, 0.1) is 6.54 Å². The van der Waals surface area contributed by atoms with E-state index in [1.165, 1.54) is 10.0 Å². The summed E-state index contributed by atoms with van der Waals surface area (Å²) in [6.45, 7) is 1.07. The van der Waals surface area contributed by atoms with Crippen molar-refractivity contribution >= 4 is 16.9 Å². The van der Waals surface area contributed by atoms with Crippen molar-refractivity contribution in [2.24, 2.45) is 0 Å². The smallest absolute Gasteiger partial charge is 0.408 e. The number of ether oxygens (including phenoxy) is 1. The number of benzene rings is 2. The summed E-state index contributed by atoms with van der Waals surface area (Å²) in [4.78, 5) is 12.3. The van der Waals surface area contributed by atoms with Gasteiger partial charge in [0.15, 0.2) is 6.19 Å². The Labute approximate surface area is 122 Å². The summed E-state index contributed by atoms with van der Waals surface area (Å²) in [7, 11) is 0. The number of carbonyl (C=O) groups is 1. The van der Waals surface area contributed by atoms with E-state index in [4.69, 9.17) is 10.00 Å². The SMILES string of the molecule is N#CN1CCCCN1C(=O)Oc1cccc2ccccc12. The fraction of sp³-hybridized carbons (Fsp3) is 0.250. The molecule has 0 N–H and O–H groups in total. The molecule has 106 valence electrons. The molecule has 21 heavy (non-hydrogen) atoms. The Bertz CT molecular complexity index is 703. The number of carbonyl (C=O) groups excluding carboxylic acids is 1. The Kier molecular flexibility index (Phi) is 3.61. The summed E-state index contributed by atoms with van der Waals surface area (Å²) < 4.78 is 5.49. The molecule has 1 aliphatic rings. The van der Waals surface area contributed by atoms with Gasteiger partial charge in [-0.1, -0.05) is 36.4 Å². The first-order valence-electron chi connectivity index (χ1n) is 6.94. The van der Waals surface area contributed by atoms with E-state index >= 15 is 0 Å². The monoisotopic (exact) mass is 281 g/mol. The predicted octanol–water partition coefficient (Wildman–Crippen LogP) is 3.13. The van der Waals surface area contributed by atoms with Gasteiger partial charge in [-0.2, -0.15) is 5.26 Å². The predicted molar refractivity (Wildman–Crippen MR) is 78.2 cm³/mol. The van der Waals surface area contributed by atoms with E-state index in [2.05, 4.69) is 0 Å². The molecular formula is C16H15N3O2. The van der Waals surface area contributed by atoms with Crippen LogP contribution in [0.2, 0.25) is 0 Å². The maximum atomic E-state index is 12.3. The number of hydrazine groups is 1. The maximum absolute atomic E-state index is 12.3. The molecule has 1 heterocycles. The van der Waals surface area contributed by atoms with E-state index in [1.807, 2.05) is 42.6 Å². The van der Waals surface area contributed by atoms with Crippen LogP contribution in [0.15, 0.2) is 42.5 Å². The lowest BCUT2D eigenvalue weighted by Crippen LogP contribution is -2.49. The van der Waals surface area contributed by atoms with Crippen molar-refractivity contribution in [3.63, 3.8) is 0 Å². The molecule has 0 radical (unpaired) electrons. The largest absolute Gasteiger partial charge is 0.434 e. The first-order valence-corrected chi connectivity index (χ1v) is 6.94. The van der Waals surface area contributed by atoms with Gasteiger partial charge in [0.1, 0.15) is 5.75 Å². The number of amides is 1. The summed E-state index contributed by atoms with van der Waals surface area (Å²) in [5.74, 6) is 0.515. The zero-order valence-electron chi connectivity index (χ0n) is 11.5. The lowest BCUT2D eigenvalue weighted by atomic mass is 10.1. The van der Waals surface area contributed by atoms with Crippen LogP contribution >= 0.6 is 0 Å². The molecular weight excluding hydrogens is 266 g/mol. The Morgan fingerprint density at radius 2 is 1.86 bits per heavy atom. The van der Waals surface area contributed by atoms with Crippen LogP contribution in [0.25, 0.3) is 10.8 Å². The van der Waals surface area contributed by atoms with Gasteiger partial charge in [0.2, 0.25) is 0 Å². The minimum atomic E-state index is -0.507. The van der Waals surface area contributed by atoms with Gasteiger partial charge in [-0.3, -0.25) is 0 Å². The highest BCUT2D eigenvalue weighted by Gasteiger charge is 2.25. The van der Waals surface area contributed by atoms with Gasteiger partial charge in [-0.05, 0) is 24.3 Å². The zero-order valence-corrected chi connectivity index (χ0v) is 11.5. The average Bonchev–Trinajstić information content (AvgIpc) is 2.55. The first kappa shape index (κ1) is 13.3. The Morgan fingerprint density at radius 1 is 1.10 bits per heavy atom. The minimum absolute atomic E-state index is 0.507. The third-order valence-electron chi connectivity index (χ3n) is 3.55. The second-order valence-corrected chi connectivity index (χ2v) is 4.90. The second kappa shape index (κ2) is 5.71. The molecule has 1 amide bonds. The van der Waals surface area contributed by atoms with Crippen molar-refractivity contribution < 1.29 is 9.53 Å². The lowest BCUT2D eigenvalue weighted by Gasteiger charge is -2.33. The van der Waals surface area contributed by atoms with E-state index in [-0.39, 0.29) is 0 Å². The molecule has 0 spiro atoms. The highest BCUT2D eigenvalue weighted by atomic mass is 16.6. The van der Waals surface area contributed by atoms with Crippen molar-refractivity contribution in [2.45, 2.75) is 12.8 Å². The van der Waals surface area contributed by atoms with Crippen LogP contribution in [-0.2, 0) is 0 Å². The van der Waals surface area contributed by atoms with Crippen molar-refractivity contribution in [3.05, 3.63) is 42.5 Å². The maximum Gasteiger partial charge on any atom is 0.434 e. The van der Waals surface area contributed by atoms with Crippen LogP contribution in [0.5, 0.6) is 5.75 Å². The summed E-state index contributed by atoms with van der Waals surface area (Å²) in [6, 6.07) is 13.3. The standard InChI is InChI=1S/C16H15N3O2/c17-12-18-10-3-4-11-19(18)16(20)21-15-9-5-7-13-6-1-2-8-14(13)15/h1-2,5-9H,3-4,10-11H2. The topological polar surface area (TPSA) is 56.6 Å². The summed E-state index contributed by atoms with van der Waals surface area (Å²) in [6.07, 6.45) is 3.30. The Balaban J connectivity index is 1.85. The van der Waals surface area contributed by atoms with E-state index in [0.29, 0.717) is 18.8 Å². The van der Waals surface area contributed by atoms with Gasteiger partial charge in [-0.25, -0.2) is 14.8 Å². The molecule has 5 nitrogen and oxygen atoms in total. The second-order valence-electron chi connectivity index (χ2n) is 4.90. The average molecular weight is 281 g/mol. The van der Waals surface area contributed by atoms with Crippen molar-refractivity contribution in [3.8, 4) is 11.9 Å². The molecule has 0 atom stereocenters. The third-order valence-corrected chi connectivity index (χ3v) is 3.55. The fourth-order valence-corrected chi connectivity index (χ4v) is 2.49. The normalized spacial score (nSPS) is 14.8. The molecule has 1 saturated heterocycles. The molecule has 5 heteroatoms. The molecule has 0 unspecified atom stereocenters. The molecule has 1 aliphatic heterocycles. The number of nitriles is 1. The Morgan fingerprint density at radius 3 is 2.71 bits per heavy atom.